The summed E-state index contributed by atoms with van der Waals surface area (Å²) in [5, 5.41) is 1.32. The number of hydrogen-bond donors (Lipinski definition) is 1. The smallest absolute Gasteiger partial charge is 0.101 e. The fraction of sp³-hybridized carbons (Fsp3) is 0.125. The highest BCUT2D eigenvalue weighted by Crippen LogP contribution is 2.25. The summed E-state index contributed by atoms with van der Waals surface area (Å²) in [5.74, 6) is 0.734. The molecule has 0 amide bonds. The third-order valence-corrected chi connectivity index (χ3v) is 3.40. The first-order valence-electron chi connectivity index (χ1n) is 3.39. The van der Waals surface area contributed by atoms with Crippen molar-refractivity contribution in [3.63, 3.8) is 0 Å². The van der Waals surface area contributed by atoms with E-state index in [1.165, 1.54) is 11.8 Å². The Balaban J connectivity index is 2.72. The molecule has 70 valence electrons. The molecule has 0 radical (unpaired) electrons. The molecular formula is C8H6Cl2S3. The molecule has 0 aromatic heterocycles. The molecule has 0 fully saturated rings. The number of halogens is 2. The van der Waals surface area contributed by atoms with Gasteiger partial charge in [0.15, 0.2) is 0 Å². The van der Waals surface area contributed by atoms with Gasteiger partial charge in [-0.05, 0) is 17.7 Å². The van der Waals surface area contributed by atoms with E-state index in [0.717, 1.165) is 11.3 Å². The molecule has 0 aliphatic carbocycles. The summed E-state index contributed by atoms with van der Waals surface area (Å²) >= 11 is 22.0. The zero-order valence-corrected chi connectivity index (χ0v) is 10.5. The van der Waals surface area contributed by atoms with Crippen LogP contribution in [0.15, 0.2) is 18.2 Å². The second-order valence-corrected chi connectivity index (χ2v) is 5.84. The number of hydrogen-bond acceptors (Lipinski definition) is 2. The van der Waals surface area contributed by atoms with Crippen LogP contribution >= 0.6 is 59.8 Å². The van der Waals surface area contributed by atoms with E-state index < -0.39 is 0 Å². The molecule has 0 bridgehead atoms. The average Bonchev–Trinajstić information content (AvgIpc) is 2.02. The van der Waals surface area contributed by atoms with E-state index in [0.29, 0.717) is 13.6 Å². The molecule has 0 nitrogen and oxygen atoms in total. The van der Waals surface area contributed by atoms with Crippen LogP contribution < -0.4 is 0 Å². The predicted octanol–water partition coefficient (Wildman–Crippen LogP) is 4.44. The molecule has 0 aliphatic rings. The van der Waals surface area contributed by atoms with E-state index in [-0.39, 0.29) is 0 Å². The first-order chi connectivity index (χ1) is 6.09. The summed E-state index contributed by atoms with van der Waals surface area (Å²) < 4.78 is 0.617. The Morgan fingerprint density at radius 1 is 1.46 bits per heavy atom. The Hall–Kier alpha value is 0.590. The number of thiol groups is 1. The Bertz CT molecular complexity index is 325. The van der Waals surface area contributed by atoms with E-state index in [2.05, 4.69) is 12.6 Å². The maximum absolute atomic E-state index is 5.95. The van der Waals surface area contributed by atoms with Gasteiger partial charge < -0.3 is 0 Å². The number of thiocarbonyl (C=S) groups is 1. The number of rotatable bonds is 2. The molecule has 1 aromatic carbocycles. The van der Waals surface area contributed by atoms with Crippen LogP contribution in [-0.2, 0) is 5.75 Å². The fourth-order valence-corrected chi connectivity index (χ4v) is 2.23. The van der Waals surface area contributed by atoms with E-state index in [1.54, 1.807) is 6.07 Å². The topological polar surface area (TPSA) is 0 Å². The van der Waals surface area contributed by atoms with Crippen molar-refractivity contribution >= 4 is 63.3 Å². The summed E-state index contributed by atoms with van der Waals surface area (Å²) in [4.78, 5) is 0. The molecule has 13 heavy (non-hydrogen) atoms. The lowest BCUT2D eigenvalue weighted by Gasteiger charge is -2.02. The quantitative estimate of drug-likeness (QED) is 0.622. The van der Waals surface area contributed by atoms with Crippen molar-refractivity contribution in [2.45, 2.75) is 5.75 Å². The van der Waals surface area contributed by atoms with Gasteiger partial charge in [-0.3, -0.25) is 0 Å². The lowest BCUT2D eigenvalue weighted by atomic mass is 10.2. The van der Waals surface area contributed by atoms with Crippen LogP contribution in [0.2, 0.25) is 10.0 Å². The van der Waals surface area contributed by atoms with E-state index >= 15 is 0 Å². The first kappa shape index (κ1) is 11.7. The molecule has 1 rings (SSSR count). The summed E-state index contributed by atoms with van der Waals surface area (Å²) in [6.45, 7) is 0. The third kappa shape index (κ3) is 4.09. The molecule has 0 saturated heterocycles. The van der Waals surface area contributed by atoms with Crippen molar-refractivity contribution in [2.75, 3.05) is 0 Å². The molecule has 0 atom stereocenters. The average molecular weight is 269 g/mol. The Kier molecular flexibility index (Phi) is 4.90. The van der Waals surface area contributed by atoms with Gasteiger partial charge in [-0.2, -0.15) is 0 Å². The highest BCUT2D eigenvalue weighted by molar-refractivity contribution is 8.41. The van der Waals surface area contributed by atoms with E-state index in [9.17, 15) is 0 Å². The van der Waals surface area contributed by atoms with Gasteiger partial charge in [-0.15, -0.1) is 24.4 Å². The van der Waals surface area contributed by atoms with Gasteiger partial charge in [0, 0.05) is 15.8 Å². The maximum Gasteiger partial charge on any atom is 0.101 e. The zero-order valence-electron chi connectivity index (χ0n) is 6.46. The van der Waals surface area contributed by atoms with Crippen molar-refractivity contribution in [1.29, 1.82) is 0 Å². The summed E-state index contributed by atoms with van der Waals surface area (Å²) in [6.07, 6.45) is 0. The van der Waals surface area contributed by atoms with Crippen molar-refractivity contribution in [2.24, 2.45) is 0 Å². The predicted molar refractivity (Wildman–Crippen MR) is 69.3 cm³/mol. The van der Waals surface area contributed by atoms with Gasteiger partial charge in [0.1, 0.15) is 3.53 Å². The highest BCUT2D eigenvalue weighted by Gasteiger charge is 2.01. The lowest BCUT2D eigenvalue weighted by Crippen LogP contribution is -1.83. The standard InChI is InChI=1S/C8H6Cl2S3/c9-6-2-1-5(7(10)3-6)4-13-8(11)12/h1-3H,4H2,(H,11,12). The maximum atomic E-state index is 5.95. The van der Waals surface area contributed by atoms with Crippen molar-refractivity contribution in [1.82, 2.24) is 0 Å². The fourth-order valence-electron chi connectivity index (χ4n) is 0.778. The minimum Gasteiger partial charge on any atom is -0.125 e. The number of benzene rings is 1. The van der Waals surface area contributed by atoms with Crippen LogP contribution in [0.1, 0.15) is 5.56 Å². The molecule has 0 unspecified atom stereocenters. The summed E-state index contributed by atoms with van der Waals surface area (Å²) in [6, 6.07) is 5.43. The van der Waals surface area contributed by atoms with E-state index in [4.69, 9.17) is 35.4 Å². The van der Waals surface area contributed by atoms with Crippen molar-refractivity contribution in [3.05, 3.63) is 33.8 Å². The van der Waals surface area contributed by atoms with E-state index in [1.807, 2.05) is 12.1 Å². The zero-order chi connectivity index (χ0) is 9.84. The second kappa shape index (κ2) is 5.47. The first-order valence-corrected chi connectivity index (χ1v) is 5.99. The Morgan fingerprint density at radius 3 is 2.69 bits per heavy atom. The van der Waals surface area contributed by atoms with Gasteiger partial charge in [0.05, 0.1) is 0 Å². The highest BCUT2D eigenvalue weighted by atomic mass is 35.5. The molecule has 0 spiro atoms. The minimum absolute atomic E-state index is 0.617. The van der Waals surface area contributed by atoms with Gasteiger partial charge in [0.25, 0.3) is 0 Å². The molecule has 0 heterocycles. The Labute approximate surface area is 102 Å². The van der Waals surface area contributed by atoms with Crippen molar-refractivity contribution in [3.8, 4) is 0 Å². The Morgan fingerprint density at radius 2 is 2.15 bits per heavy atom. The minimum atomic E-state index is 0.617. The van der Waals surface area contributed by atoms with Crippen LogP contribution in [0.3, 0.4) is 0 Å². The lowest BCUT2D eigenvalue weighted by molar-refractivity contribution is 1.42. The summed E-state index contributed by atoms with van der Waals surface area (Å²) in [5.41, 5.74) is 1.02. The van der Waals surface area contributed by atoms with Gasteiger partial charge >= 0.3 is 0 Å². The van der Waals surface area contributed by atoms with Crippen LogP contribution in [0.25, 0.3) is 0 Å². The normalized spacial score (nSPS) is 10.1. The van der Waals surface area contributed by atoms with Crippen LogP contribution in [-0.4, -0.2) is 3.53 Å². The second-order valence-electron chi connectivity index (χ2n) is 2.29. The molecule has 1 aromatic rings. The van der Waals surface area contributed by atoms with Crippen LogP contribution in [0.5, 0.6) is 0 Å². The van der Waals surface area contributed by atoms with Gasteiger partial charge in [-0.25, -0.2) is 0 Å². The summed E-state index contributed by atoms with van der Waals surface area (Å²) in [7, 11) is 0. The van der Waals surface area contributed by atoms with Crippen LogP contribution in [0.4, 0.5) is 0 Å². The van der Waals surface area contributed by atoms with Gasteiger partial charge in [-0.1, -0.05) is 41.5 Å². The molecule has 0 N–H and O–H groups in total. The monoisotopic (exact) mass is 268 g/mol. The molecule has 5 heteroatoms. The van der Waals surface area contributed by atoms with Crippen molar-refractivity contribution < 1.29 is 0 Å². The van der Waals surface area contributed by atoms with Crippen LogP contribution in [0, 0.1) is 0 Å². The largest absolute Gasteiger partial charge is 0.125 e. The SMILES string of the molecule is S=C(S)SCc1ccc(Cl)cc1Cl. The third-order valence-electron chi connectivity index (χ3n) is 1.37. The molecule has 0 saturated carbocycles. The number of thioether (sulfide) groups is 1. The van der Waals surface area contributed by atoms with Gasteiger partial charge in [0.2, 0.25) is 0 Å². The molecule has 0 aliphatic heterocycles. The molecular weight excluding hydrogens is 263 g/mol.